The zero-order valence-corrected chi connectivity index (χ0v) is 14.0. The second-order valence-electron chi connectivity index (χ2n) is 6.33. The number of carbonyl (C=O) groups is 1. The van der Waals surface area contributed by atoms with E-state index in [2.05, 4.69) is 4.90 Å². The van der Waals surface area contributed by atoms with Gasteiger partial charge < -0.3 is 14.4 Å². The number of piperidine rings is 1. The summed E-state index contributed by atoms with van der Waals surface area (Å²) in [4.78, 5) is 16.7. The molecule has 2 aliphatic heterocycles. The molecule has 2 fully saturated rings. The van der Waals surface area contributed by atoms with Crippen LogP contribution in [-0.2, 0) is 9.53 Å². The van der Waals surface area contributed by atoms with Gasteiger partial charge in [-0.05, 0) is 38.1 Å². The van der Waals surface area contributed by atoms with Crippen LogP contribution in [0.3, 0.4) is 0 Å². The number of rotatable bonds is 5. The fourth-order valence-electron chi connectivity index (χ4n) is 3.29. The van der Waals surface area contributed by atoms with E-state index in [0.29, 0.717) is 25.6 Å². The number of hydrogen-bond donors (Lipinski definition) is 0. The molecule has 0 spiro atoms. The summed E-state index contributed by atoms with van der Waals surface area (Å²) >= 11 is 0. The fraction of sp³-hybridized carbons (Fsp3) is 0.611. The third kappa shape index (κ3) is 4.45. The summed E-state index contributed by atoms with van der Waals surface area (Å²) in [6, 6.07) is 6.46. The molecular weight excluding hydrogens is 311 g/mol. The highest BCUT2D eigenvalue weighted by Crippen LogP contribution is 2.20. The molecule has 3 rings (SSSR count). The molecular formula is C18H25FN2O3. The van der Waals surface area contributed by atoms with E-state index in [-0.39, 0.29) is 17.6 Å². The summed E-state index contributed by atoms with van der Waals surface area (Å²) in [5, 5.41) is 0. The molecule has 132 valence electrons. The van der Waals surface area contributed by atoms with Gasteiger partial charge in [0.1, 0.15) is 6.61 Å². The first kappa shape index (κ1) is 17.2. The van der Waals surface area contributed by atoms with Gasteiger partial charge in [-0.3, -0.25) is 9.69 Å². The predicted molar refractivity (Wildman–Crippen MR) is 88.5 cm³/mol. The van der Waals surface area contributed by atoms with E-state index < -0.39 is 0 Å². The lowest BCUT2D eigenvalue weighted by molar-refractivity contribution is -0.141. The first-order valence-electron chi connectivity index (χ1n) is 8.70. The Bertz CT molecular complexity index is 541. The number of amides is 1. The highest BCUT2D eigenvalue weighted by Gasteiger charge is 2.29. The molecule has 0 atom stereocenters. The molecule has 1 amide bonds. The van der Waals surface area contributed by atoms with E-state index in [1.54, 1.807) is 18.2 Å². The van der Waals surface area contributed by atoms with Crippen molar-refractivity contribution in [1.82, 2.24) is 9.80 Å². The van der Waals surface area contributed by atoms with Crippen molar-refractivity contribution in [1.29, 1.82) is 0 Å². The van der Waals surface area contributed by atoms with Gasteiger partial charge in [0.15, 0.2) is 11.6 Å². The van der Waals surface area contributed by atoms with Crippen LogP contribution in [0.15, 0.2) is 24.3 Å². The van der Waals surface area contributed by atoms with Crippen molar-refractivity contribution < 1.29 is 18.7 Å². The highest BCUT2D eigenvalue weighted by atomic mass is 19.1. The summed E-state index contributed by atoms with van der Waals surface area (Å²) in [5.74, 6) is 0.384. The molecule has 0 unspecified atom stereocenters. The van der Waals surface area contributed by atoms with Crippen LogP contribution >= 0.6 is 0 Å². The van der Waals surface area contributed by atoms with Crippen LogP contribution in [0.5, 0.6) is 5.75 Å². The summed E-state index contributed by atoms with van der Waals surface area (Å²) in [6.45, 7) is 5.74. The number of morpholine rings is 1. The second-order valence-corrected chi connectivity index (χ2v) is 6.33. The van der Waals surface area contributed by atoms with Crippen LogP contribution in [0.1, 0.15) is 12.8 Å². The minimum atomic E-state index is -0.327. The summed E-state index contributed by atoms with van der Waals surface area (Å²) in [6.07, 6.45) is 1.77. The maximum absolute atomic E-state index is 13.5. The Morgan fingerprint density at radius 3 is 2.58 bits per heavy atom. The Kier molecular flexibility index (Phi) is 6.04. The molecule has 5 nitrogen and oxygen atoms in total. The summed E-state index contributed by atoms with van der Waals surface area (Å²) in [7, 11) is 0. The van der Waals surface area contributed by atoms with Gasteiger partial charge in [-0.25, -0.2) is 4.39 Å². The maximum atomic E-state index is 13.5. The number of ether oxygens (including phenoxy) is 2. The number of benzene rings is 1. The topological polar surface area (TPSA) is 42.0 Å². The van der Waals surface area contributed by atoms with Gasteiger partial charge in [-0.15, -0.1) is 0 Å². The van der Waals surface area contributed by atoms with E-state index >= 15 is 0 Å². The zero-order valence-electron chi connectivity index (χ0n) is 14.0. The van der Waals surface area contributed by atoms with Crippen LogP contribution in [0.4, 0.5) is 4.39 Å². The minimum absolute atomic E-state index is 0.131. The second kappa shape index (κ2) is 8.44. The first-order valence-corrected chi connectivity index (χ1v) is 8.70. The molecule has 2 heterocycles. The van der Waals surface area contributed by atoms with Gasteiger partial charge in [0.05, 0.1) is 13.2 Å². The monoisotopic (exact) mass is 336 g/mol. The fourth-order valence-corrected chi connectivity index (χ4v) is 3.29. The van der Waals surface area contributed by atoms with Crippen molar-refractivity contribution in [2.24, 2.45) is 5.92 Å². The number of para-hydroxylation sites is 1. The average molecular weight is 336 g/mol. The van der Waals surface area contributed by atoms with E-state index in [0.717, 1.165) is 45.6 Å². The van der Waals surface area contributed by atoms with Crippen molar-refractivity contribution in [2.75, 3.05) is 52.5 Å². The number of nitrogens with zero attached hydrogens (tertiary/aromatic N) is 2. The van der Waals surface area contributed by atoms with Crippen LogP contribution in [0, 0.1) is 11.7 Å². The first-order chi connectivity index (χ1) is 11.7. The Morgan fingerprint density at radius 1 is 1.17 bits per heavy atom. The van der Waals surface area contributed by atoms with Crippen LogP contribution < -0.4 is 4.74 Å². The van der Waals surface area contributed by atoms with Crippen molar-refractivity contribution in [2.45, 2.75) is 12.8 Å². The van der Waals surface area contributed by atoms with E-state index in [9.17, 15) is 9.18 Å². The minimum Gasteiger partial charge on any atom is -0.489 e. The molecule has 0 saturated carbocycles. The van der Waals surface area contributed by atoms with E-state index in [4.69, 9.17) is 9.47 Å². The molecule has 6 heteroatoms. The van der Waals surface area contributed by atoms with Crippen molar-refractivity contribution in [3.8, 4) is 5.75 Å². The van der Waals surface area contributed by atoms with Crippen LogP contribution in [0.25, 0.3) is 0 Å². The molecule has 24 heavy (non-hydrogen) atoms. The van der Waals surface area contributed by atoms with Gasteiger partial charge in [0.2, 0.25) is 5.91 Å². The summed E-state index contributed by atoms with van der Waals surface area (Å²) in [5.41, 5.74) is 0. The number of carbonyl (C=O) groups excluding carboxylic acids is 1. The smallest absolute Gasteiger partial charge is 0.225 e. The Labute approximate surface area is 142 Å². The quantitative estimate of drug-likeness (QED) is 0.822. The van der Waals surface area contributed by atoms with E-state index in [1.165, 1.54) is 6.07 Å². The number of halogens is 1. The van der Waals surface area contributed by atoms with Gasteiger partial charge in [-0.1, -0.05) is 12.1 Å². The van der Waals surface area contributed by atoms with Gasteiger partial charge in [0.25, 0.3) is 0 Å². The molecule has 1 aromatic rings. The lowest BCUT2D eigenvalue weighted by atomic mass is 9.95. The zero-order chi connectivity index (χ0) is 16.8. The molecule has 1 aromatic carbocycles. The van der Waals surface area contributed by atoms with Gasteiger partial charge >= 0.3 is 0 Å². The molecule has 0 radical (unpaired) electrons. The third-order valence-corrected chi connectivity index (χ3v) is 4.76. The SMILES string of the molecule is O=C(C1CCN(CCOc2ccccc2F)CC1)N1CCOCC1. The van der Waals surface area contributed by atoms with E-state index in [1.807, 2.05) is 4.90 Å². The predicted octanol–water partition coefficient (Wildman–Crippen LogP) is 1.78. The maximum Gasteiger partial charge on any atom is 0.225 e. The van der Waals surface area contributed by atoms with Crippen LogP contribution in [0.2, 0.25) is 0 Å². The third-order valence-electron chi connectivity index (χ3n) is 4.76. The number of likely N-dealkylation sites (tertiary alicyclic amines) is 1. The average Bonchev–Trinajstić information content (AvgIpc) is 2.64. The highest BCUT2D eigenvalue weighted by molar-refractivity contribution is 5.79. The van der Waals surface area contributed by atoms with Gasteiger partial charge in [-0.2, -0.15) is 0 Å². The lowest BCUT2D eigenvalue weighted by Crippen LogP contribution is -2.47. The largest absolute Gasteiger partial charge is 0.489 e. The standard InChI is InChI=1S/C18H25FN2O3/c19-16-3-1-2-4-17(16)24-14-9-20-7-5-15(6-8-20)18(22)21-10-12-23-13-11-21/h1-4,15H,5-14H2. The van der Waals surface area contributed by atoms with Crippen molar-refractivity contribution >= 4 is 5.91 Å². The van der Waals surface area contributed by atoms with Crippen molar-refractivity contribution in [3.63, 3.8) is 0 Å². The Balaban J connectivity index is 1.37. The van der Waals surface area contributed by atoms with Gasteiger partial charge in [0, 0.05) is 25.6 Å². The number of hydrogen-bond acceptors (Lipinski definition) is 4. The molecule has 0 bridgehead atoms. The Hall–Kier alpha value is -1.66. The molecule has 2 aliphatic rings. The molecule has 0 aromatic heterocycles. The molecule has 0 N–H and O–H groups in total. The lowest BCUT2D eigenvalue weighted by Gasteiger charge is -2.35. The van der Waals surface area contributed by atoms with Crippen LogP contribution in [-0.4, -0.2) is 68.3 Å². The molecule has 2 saturated heterocycles. The van der Waals surface area contributed by atoms with Crippen molar-refractivity contribution in [3.05, 3.63) is 30.1 Å². The Morgan fingerprint density at radius 2 is 1.88 bits per heavy atom. The summed E-state index contributed by atoms with van der Waals surface area (Å²) < 4.78 is 24.3. The normalized spacial score (nSPS) is 20.1. The molecule has 0 aliphatic carbocycles.